The van der Waals surface area contributed by atoms with Crippen LogP contribution in [0.15, 0.2) is 28.5 Å². The number of fused-ring (bicyclic) bond motifs is 1. The Labute approximate surface area is 125 Å². The number of benzene rings is 1. The monoisotopic (exact) mass is 327 g/mol. The van der Waals surface area contributed by atoms with E-state index in [0.29, 0.717) is 35.5 Å². The molecule has 0 aliphatic carbocycles. The SMILES string of the molecule is Nc1nc(CNS(=O)(=O)c2ccc3c(c2)OCCO3)cs1. The topological polar surface area (TPSA) is 104 Å². The molecule has 0 saturated heterocycles. The van der Waals surface area contributed by atoms with Crippen LogP contribution in [0.3, 0.4) is 0 Å². The van der Waals surface area contributed by atoms with E-state index in [2.05, 4.69) is 9.71 Å². The molecular weight excluding hydrogens is 314 g/mol. The summed E-state index contributed by atoms with van der Waals surface area (Å²) in [6.45, 7) is 0.953. The molecular formula is C12H13N3O4S2. The number of nitrogens with zero attached hydrogens (tertiary/aromatic N) is 1. The van der Waals surface area contributed by atoms with Crippen molar-refractivity contribution in [3.8, 4) is 11.5 Å². The Kier molecular flexibility index (Phi) is 3.70. The molecule has 112 valence electrons. The van der Waals surface area contributed by atoms with Crippen molar-refractivity contribution < 1.29 is 17.9 Å². The second-order valence-corrected chi connectivity index (χ2v) is 6.96. The van der Waals surface area contributed by atoms with Gasteiger partial charge in [-0.1, -0.05) is 0 Å². The first-order valence-corrected chi connectivity index (χ1v) is 8.50. The summed E-state index contributed by atoms with van der Waals surface area (Å²) < 4.78 is 37.7. The van der Waals surface area contributed by atoms with Gasteiger partial charge in [-0.2, -0.15) is 0 Å². The number of nitrogen functional groups attached to an aromatic ring is 1. The summed E-state index contributed by atoms with van der Waals surface area (Å²) in [6.07, 6.45) is 0. The van der Waals surface area contributed by atoms with Gasteiger partial charge in [0.2, 0.25) is 10.0 Å². The Morgan fingerprint density at radius 3 is 2.76 bits per heavy atom. The molecule has 0 unspecified atom stereocenters. The summed E-state index contributed by atoms with van der Waals surface area (Å²) in [5.74, 6) is 0.981. The number of hydrogen-bond acceptors (Lipinski definition) is 7. The van der Waals surface area contributed by atoms with Crippen molar-refractivity contribution in [2.24, 2.45) is 0 Å². The molecule has 3 N–H and O–H groups in total. The average molecular weight is 327 g/mol. The highest BCUT2D eigenvalue weighted by atomic mass is 32.2. The molecule has 2 heterocycles. The molecule has 0 spiro atoms. The largest absolute Gasteiger partial charge is 0.486 e. The number of anilines is 1. The summed E-state index contributed by atoms with van der Waals surface area (Å²) in [4.78, 5) is 4.12. The fraction of sp³-hybridized carbons (Fsp3) is 0.250. The molecule has 0 radical (unpaired) electrons. The third kappa shape index (κ3) is 3.09. The molecule has 0 atom stereocenters. The quantitative estimate of drug-likeness (QED) is 0.867. The summed E-state index contributed by atoms with van der Waals surface area (Å²) in [6, 6.07) is 4.52. The Morgan fingerprint density at radius 2 is 2.05 bits per heavy atom. The van der Waals surface area contributed by atoms with Gasteiger partial charge in [0, 0.05) is 11.4 Å². The van der Waals surface area contributed by atoms with Crippen LogP contribution < -0.4 is 19.9 Å². The van der Waals surface area contributed by atoms with Crippen LogP contribution in [-0.2, 0) is 16.6 Å². The molecule has 1 aliphatic rings. The predicted molar refractivity (Wildman–Crippen MR) is 78.0 cm³/mol. The van der Waals surface area contributed by atoms with Crippen LogP contribution in [0, 0.1) is 0 Å². The molecule has 9 heteroatoms. The number of sulfonamides is 1. The minimum absolute atomic E-state index is 0.0878. The summed E-state index contributed by atoms with van der Waals surface area (Å²) in [7, 11) is -3.64. The van der Waals surface area contributed by atoms with Crippen molar-refractivity contribution in [1.29, 1.82) is 0 Å². The number of rotatable bonds is 4. The molecule has 0 amide bonds. The third-order valence-electron chi connectivity index (χ3n) is 2.84. The van der Waals surface area contributed by atoms with Crippen molar-refractivity contribution in [2.75, 3.05) is 18.9 Å². The van der Waals surface area contributed by atoms with E-state index in [1.54, 1.807) is 11.4 Å². The first-order valence-electron chi connectivity index (χ1n) is 6.14. The Morgan fingerprint density at radius 1 is 1.29 bits per heavy atom. The highest BCUT2D eigenvalue weighted by molar-refractivity contribution is 7.89. The number of aromatic nitrogens is 1. The lowest BCUT2D eigenvalue weighted by atomic mass is 10.3. The van der Waals surface area contributed by atoms with Gasteiger partial charge in [-0.25, -0.2) is 18.1 Å². The first-order chi connectivity index (χ1) is 10.0. The number of hydrogen-bond donors (Lipinski definition) is 2. The highest BCUT2D eigenvalue weighted by Gasteiger charge is 2.19. The number of thiazole rings is 1. The van der Waals surface area contributed by atoms with Gasteiger partial charge < -0.3 is 15.2 Å². The summed E-state index contributed by atoms with van der Waals surface area (Å²) in [5.41, 5.74) is 6.09. The second kappa shape index (κ2) is 5.51. The average Bonchev–Trinajstić information content (AvgIpc) is 2.90. The Balaban J connectivity index is 1.78. The second-order valence-electron chi connectivity index (χ2n) is 4.31. The van der Waals surface area contributed by atoms with E-state index < -0.39 is 10.0 Å². The van der Waals surface area contributed by atoms with Gasteiger partial charge in [0.15, 0.2) is 16.6 Å². The van der Waals surface area contributed by atoms with Gasteiger partial charge in [0.25, 0.3) is 0 Å². The first kappa shape index (κ1) is 14.1. The zero-order chi connectivity index (χ0) is 14.9. The fourth-order valence-electron chi connectivity index (χ4n) is 1.85. The van der Waals surface area contributed by atoms with Crippen molar-refractivity contribution in [3.05, 3.63) is 29.3 Å². The van der Waals surface area contributed by atoms with Gasteiger partial charge in [0.1, 0.15) is 13.2 Å². The molecule has 1 aromatic heterocycles. The maximum Gasteiger partial charge on any atom is 0.241 e. The molecule has 0 fully saturated rings. The van der Waals surface area contributed by atoms with Crippen LogP contribution in [0.25, 0.3) is 0 Å². The third-order valence-corrected chi connectivity index (χ3v) is 4.96. The minimum atomic E-state index is -3.64. The molecule has 1 aliphatic heterocycles. The fourth-order valence-corrected chi connectivity index (χ4v) is 3.42. The molecule has 0 bridgehead atoms. The van der Waals surface area contributed by atoms with Crippen LogP contribution in [-0.4, -0.2) is 26.6 Å². The maximum atomic E-state index is 12.2. The van der Waals surface area contributed by atoms with Crippen LogP contribution in [0.2, 0.25) is 0 Å². The molecule has 2 aromatic rings. The van der Waals surface area contributed by atoms with Crippen molar-refractivity contribution >= 4 is 26.5 Å². The van der Waals surface area contributed by atoms with Crippen LogP contribution in [0.1, 0.15) is 5.69 Å². The lowest BCUT2D eigenvalue weighted by Gasteiger charge is -2.18. The zero-order valence-corrected chi connectivity index (χ0v) is 12.5. The molecule has 1 aromatic carbocycles. The molecule has 3 rings (SSSR count). The van der Waals surface area contributed by atoms with Gasteiger partial charge in [0.05, 0.1) is 17.1 Å². The van der Waals surface area contributed by atoms with E-state index in [4.69, 9.17) is 15.2 Å². The Bertz CT molecular complexity index is 758. The van der Waals surface area contributed by atoms with E-state index in [-0.39, 0.29) is 11.4 Å². The number of nitrogens with two attached hydrogens (primary N) is 1. The van der Waals surface area contributed by atoms with E-state index in [1.165, 1.54) is 23.5 Å². The maximum absolute atomic E-state index is 12.2. The van der Waals surface area contributed by atoms with Crippen molar-refractivity contribution in [1.82, 2.24) is 9.71 Å². The van der Waals surface area contributed by atoms with Crippen LogP contribution in [0.4, 0.5) is 5.13 Å². The lowest BCUT2D eigenvalue weighted by Crippen LogP contribution is -2.24. The van der Waals surface area contributed by atoms with Gasteiger partial charge >= 0.3 is 0 Å². The normalized spacial score (nSPS) is 14.1. The van der Waals surface area contributed by atoms with Crippen molar-refractivity contribution in [2.45, 2.75) is 11.4 Å². The van der Waals surface area contributed by atoms with E-state index in [9.17, 15) is 8.42 Å². The van der Waals surface area contributed by atoms with E-state index in [1.807, 2.05) is 0 Å². The summed E-state index contributed by atoms with van der Waals surface area (Å²) in [5, 5.41) is 2.12. The van der Waals surface area contributed by atoms with E-state index >= 15 is 0 Å². The highest BCUT2D eigenvalue weighted by Crippen LogP contribution is 2.32. The standard InChI is InChI=1S/C12H13N3O4S2/c13-12-15-8(7-20-12)6-14-21(16,17)9-1-2-10-11(5-9)19-4-3-18-10/h1-2,5,7,14H,3-4,6H2,(H2,13,15). The van der Waals surface area contributed by atoms with Gasteiger partial charge in [-0.05, 0) is 12.1 Å². The van der Waals surface area contributed by atoms with E-state index in [0.717, 1.165) is 0 Å². The summed E-state index contributed by atoms with van der Waals surface area (Å²) >= 11 is 1.26. The lowest BCUT2D eigenvalue weighted by molar-refractivity contribution is 0.171. The number of nitrogens with one attached hydrogen (secondary N) is 1. The van der Waals surface area contributed by atoms with Gasteiger partial charge in [-0.15, -0.1) is 11.3 Å². The van der Waals surface area contributed by atoms with Crippen LogP contribution >= 0.6 is 11.3 Å². The predicted octanol–water partition coefficient (Wildman–Crippen LogP) is 0.975. The molecule has 21 heavy (non-hydrogen) atoms. The van der Waals surface area contributed by atoms with Gasteiger partial charge in [-0.3, -0.25) is 0 Å². The Hall–Kier alpha value is -1.84. The minimum Gasteiger partial charge on any atom is -0.486 e. The van der Waals surface area contributed by atoms with Crippen LogP contribution in [0.5, 0.6) is 11.5 Å². The smallest absolute Gasteiger partial charge is 0.241 e. The zero-order valence-electron chi connectivity index (χ0n) is 10.9. The number of ether oxygens (including phenoxy) is 2. The molecule has 7 nitrogen and oxygen atoms in total. The molecule has 0 saturated carbocycles. The van der Waals surface area contributed by atoms with Crippen molar-refractivity contribution in [3.63, 3.8) is 0 Å².